The number of ether oxygens (including phenoxy) is 1. The number of aliphatic hydroxyl groups is 1. The number of hydrogen-bond acceptors (Lipinski definition) is 3. The third-order valence-electron chi connectivity index (χ3n) is 1.83. The van der Waals surface area contributed by atoms with Crippen molar-refractivity contribution in [2.45, 2.75) is 0 Å². The fourth-order valence-electron chi connectivity index (χ4n) is 1.11. The summed E-state index contributed by atoms with van der Waals surface area (Å²) in [6.45, 7) is -0.381. The minimum Gasteiger partial charge on any atom is -0.465 e. The van der Waals surface area contributed by atoms with Crippen molar-refractivity contribution in [3.8, 4) is 0 Å². The maximum absolute atomic E-state index is 13.2. The van der Waals surface area contributed by atoms with Crippen molar-refractivity contribution < 1.29 is 19.0 Å². The van der Waals surface area contributed by atoms with Gasteiger partial charge >= 0.3 is 5.97 Å². The second-order valence-electron chi connectivity index (χ2n) is 2.81. The van der Waals surface area contributed by atoms with Crippen molar-refractivity contribution in [3.63, 3.8) is 0 Å². The molecule has 1 rings (SSSR count). The van der Waals surface area contributed by atoms with E-state index in [1.165, 1.54) is 25.3 Å². The number of carbonyl (C=O) groups excluding carboxylic acids is 1. The van der Waals surface area contributed by atoms with E-state index in [2.05, 4.69) is 4.74 Å². The van der Waals surface area contributed by atoms with E-state index in [9.17, 15) is 9.18 Å². The monoisotopic (exact) mass is 210 g/mol. The summed E-state index contributed by atoms with van der Waals surface area (Å²) in [5, 5.41) is 8.51. The van der Waals surface area contributed by atoms with Crippen LogP contribution in [0.5, 0.6) is 0 Å². The van der Waals surface area contributed by atoms with E-state index < -0.39 is 11.8 Å². The number of carbonyl (C=O) groups is 1. The van der Waals surface area contributed by atoms with Gasteiger partial charge in [-0.2, -0.15) is 0 Å². The molecule has 0 fully saturated rings. The average Bonchev–Trinajstić information content (AvgIpc) is 2.28. The Kier molecular flexibility index (Phi) is 4.00. The predicted molar refractivity (Wildman–Crippen MR) is 54.0 cm³/mol. The molecule has 3 nitrogen and oxygen atoms in total. The van der Waals surface area contributed by atoms with Gasteiger partial charge in [-0.3, -0.25) is 0 Å². The normalized spacial score (nSPS) is 11.3. The quantitative estimate of drug-likeness (QED) is 0.773. The Morgan fingerprint density at radius 3 is 2.80 bits per heavy atom. The summed E-state index contributed by atoms with van der Waals surface area (Å²) in [4.78, 5) is 11.1. The first-order valence-electron chi connectivity index (χ1n) is 4.34. The SMILES string of the molecule is COC(=O)c1cccc(/C(F)=C/CO)c1. The van der Waals surface area contributed by atoms with Crippen molar-refractivity contribution in [2.75, 3.05) is 13.7 Å². The first-order valence-corrected chi connectivity index (χ1v) is 4.34. The Morgan fingerprint density at radius 2 is 2.20 bits per heavy atom. The van der Waals surface area contributed by atoms with Crippen LogP contribution in [0.15, 0.2) is 30.3 Å². The lowest BCUT2D eigenvalue weighted by Crippen LogP contribution is -2.01. The highest BCUT2D eigenvalue weighted by Crippen LogP contribution is 2.17. The lowest BCUT2D eigenvalue weighted by molar-refractivity contribution is 0.0600. The van der Waals surface area contributed by atoms with Gasteiger partial charge in [0.1, 0.15) is 5.83 Å². The molecule has 0 aliphatic carbocycles. The van der Waals surface area contributed by atoms with Crippen LogP contribution < -0.4 is 0 Å². The van der Waals surface area contributed by atoms with Gasteiger partial charge in [0, 0.05) is 5.56 Å². The Morgan fingerprint density at radius 1 is 1.53 bits per heavy atom. The van der Waals surface area contributed by atoms with Crippen LogP contribution in [0.2, 0.25) is 0 Å². The van der Waals surface area contributed by atoms with E-state index in [0.717, 1.165) is 6.08 Å². The molecule has 1 aromatic carbocycles. The van der Waals surface area contributed by atoms with Gasteiger partial charge in [0.15, 0.2) is 0 Å². The summed E-state index contributed by atoms with van der Waals surface area (Å²) in [5.41, 5.74) is 0.517. The molecule has 0 saturated heterocycles. The number of aliphatic hydroxyl groups excluding tert-OH is 1. The minimum atomic E-state index is -0.566. The maximum Gasteiger partial charge on any atom is 0.337 e. The topological polar surface area (TPSA) is 46.5 Å². The zero-order valence-corrected chi connectivity index (χ0v) is 8.24. The molecule has 0 aliphatic rings. The van der Waals surface area contributed by atoms with Gasteiger partial charge < -0.3 is 9.84 Å². The molecule has 0 radical (unpaired) electrons. The third-order valence-corrected chi connectivity index (χ3v) is 1.83. The fraction of sp³-hybridized carbons (Fsp3) is 0.182. The Hall–Kier alpha value is -1.68. The number of hydrogen-bond donors (Lipinski definition) is 1. The van der Waals surface area contributed by atoms with Crippen LogP contribution in [0.25, 0.3) is 5.83 Å². The zero-order valence-electron chi connectivity index (χ0n) is 8.24. The summed E-state index contributed by atoms with van der Waals surface area (Å²) in [5.74, 6) is -1.09. The van der Waals surface area contributed by atoms with Crippen LogP contribution in [0.1, 0.15) is 15.9 Å². The smallest absolute Gasteiger partial charge is 0.337 e. The molecule has 0 atom stereocenters. The van der Waals surface area contributed by atoms with Gasteiger partial charge in [0.05, 0.1) is 19.3 Å². The second-order valence-corrected chi connectivity index (χ2v) is 2.81. The van der Waals surface area contributed by atoms with Crippen LogP contribution in [-0.2, 0) is 4.74 Å². The van der Waals surface area contributed by atoms with Gasteiger partial charge in [-0.05, 0) is 18.2 Å². The van der Waals surface area contributed by atoms with Crippen molar-refractivity contribution in [2.24, 2.45) is 0 Å². The fourth-order valence-corrected chi connectivity index (χ4v) is 1.11. The van der Waals surface area contributed by atoms with Gasteiger partial charge in [-0.1, -0.05) is 12.1 Å². The van der Waals surface area contributed by atoms with Crippen LogP contribution in [-0.4, -0.2) is 24.8 Å². The Balaban J connectivity index is 3.02. The number of esters is 1. The second kappa shape index (κ2) is 5.26. The zero-order chi connectivity index (χ0) is 11.3. The highest BCUT2D eigenvalue weighted by atomic mass is 19.1. The highest BCUT2D eigenvalue weighted by molar-refractivity contribution is 5.90. The first kappa shape index (κ1) is 11.4. The first-order chi connectivity index (χ1) is 7.19. The largest absolute Gasteiger partial charge is 0.465 e. The molecule has 0 aromatic heterocycles. The van der Waals surface area contributed by atoms with Crippen molar-refractivity contribution in [3.05, 3.63) is 41.5 Å². The number of methoxy groups -OCH3 is 1. The minimum absolute atomic E-state index is 0.243. The van der Waals surface area contributed by atoms with E-state index in [1.807, 2.05) is 0 Å². The Labute approximate surface area is 86.8 Å². The molecule has 80 valence electrons. The predicted octanol–water partition coefficient (Wildman–Crippen LogP) is 1.78. The molecule has 0 spiro atoms. The van der Waals surface area contributed by atoms with Crippen LogP contribution in [0.4, 0.5) is 4.39 Å². The number of benzene rings is 1. The standard InChI is InChI=1S/C11H11FO3/c1-15-11(14)9-4-2-3-8(7-9)10(12)5-6-13/h2-5,7,13H,6H2,1H3/b10-5-. The van der Waals surface area contributed by atoms with E-state index in [4.69, 9.17) is 5.11 Å². The highest BCUT2D eigenvalue weighted by Gasteiger charge is 2.07. The van der Waals surface area contributed by atoms with Crippen LogP contribution in [0, 0.1) is 0 Å². The molecule has 15 heavy (non-hydrogen) atoms. The van der Waals surface area contributed by atoms with Gasteiger partial charge in [0.25, 0.3) is 0 Å². The average molecular weight is 210 g/mol. The molecule has 0 unspecified atom stereocenters. The summed E-state index contributed by atoms with van der Waals surface area (Å²) >= 11 is 0. The van der Waals surface area contributed by atoms with E-state index in [0.29, 0.717) is 0 Å². The maximum atomic E-state index is 13.2. The molecular formula is C11H11FO3. The van der Waals surface area contributed by atoms with Gasteiger partial charge in [-0.25, -0.2) is 9.18 Å². The third kappa shape index (κ3) is 2.89. The molecule has 1 N–H and O–H groups in total. The summed E-state index contributed by atoms with van der Waals surface area (Å²) in [6.07, 6.45) is 1.02. The van der Waals surface area contributed by atoms with Crippen LogP contribution in [0.3, 0.4) is 0 Å². The van der Waals surface area contributed by atoms with Crippen molar-refractivity contribution in [1.82, 2.24) is 0 Å². The summed E-state index contributed by atoms with van der Waals surface area (Å²) in [7, 11) is 1.26. The van der Waals surface area contributed by atoms with Crippen molar-refractivity contribution >= 4 is 11.8 Å². The van der Waals surface area contributed by atoms with E-state index in [-0.39, 0.29) is 17.7 Å². The van der Waals surface area contributed by atoms with Gasteiger partial charge in [0.2, 0.25) is 0 Å². The van der Waals surface area contributed by atoms with Crippen LogP contribution >= 0.6 is 0 Å². The molecule has 0 saturated carbocycles. The number of rotatable bonds is 3. The summed E-state index contributed by atoms with van der Waals surface area (Å²) < 4.78 is 17.7. The molecule has 1 aromatic rings. The lowest BCUT2D eigenvalue weighted by atomic mass is 10.1. The molecule has 0 aliphatic heterocycles. The molecule has 4 heteroatoms. The lowest BCUT2D eigenvalue weighted by Gasteiger charge is -2.01. The summed E-state index contributed by atoms with van der Waals surface area (Å²) in [6, 6.07) is 5.95. The molecule has 0 heterocycles. The van der Waals surface area contributed by atoms with Gasteiger partial charge in [-0.15, -0.1) is 0 Å². The molecular weight excluding hydrogens is 199 g/mol. The van der Waals surface area contributed by atoms with E-state index >= 15 is 0 Å². The number of halogens is 1. The molecule has 0 amide bonds. The van der Waals surface area contributed by atoms with Crippen molar-refractivity contribution in [1.29, 1.82) is 0 Å². The van der Waals surface area contributed by atoms with E-state index in [1.54, 1.807) is 6.07 Å². The Bertz CT molecular complexity index is 385. The molecule has 0 bridgehead atoms.